The van der Waals surface area contributed by atoms with E-state index in [-0.39, 0.29) is 0 Å². The van der Waals surface area contributed by atoms with Crippen LogP contribution in [0.3, 0.4) is 0 Å². The molecule has 0 unspecified atom stereocenters. The number of halogens is 1. The summed E-state index contributed by atoms with van der Waals surface area (Å²) in [6, 6.07) is 13.8. The lowest BCUT2D eigenvalue weighted by atomic mass is 10.2. The molecule has 130 valence electrons. The number of piperazine rings is 1. The first-order valence-corrected chi connectivity index (χ1v) is 8.83. The van der Waals surface area contributed by atoms with E-state index in [0.29, 0.717) is 11.5 Å². The third-order valence-corrected chi connectivity index (χ3v) is 4.74. The van der Waals surface area contributed by atoms with Gasteiger partial charge in [0.2, 0.25) is 5.76 Å². The molecule has 2 aromatic heterocycles. The Morgan fingerprint density at radius 3 is 2.32 bits per heavy atom. The summed E-state index contributed by atoms with van der Waals surface area (Å²) in [6.07, 6.45) is 1.64. The van der Waals surface area contributed by atoms with Crippen LogP contribution in [0.5, 0.6) is 0 Å². The molecule has 0 spiro atoms. The summed E-state index contributed by atoms with van der Waals surface area (Å²) in [5, 5.41) is 4.95. The van der Waals surface area contributed by atoms with Gasteiger partial charge in [-0.25, -0.2) is 0 Å². The molecule has 0 bridgehead atoms. The Kier molecular flexibility index (Phi) is 4.88. The fraction of sp³-hybridized carbons (Fsp3) is 0.316. The maximum atomic E-state index is 5.95. The number of aromatic nitrogens is 1. The SMILES string of the molecule is Clc1ccc(CN2CCN(Cc3cc(-c4ccco4)on3)CC2)cc1. The van der Waals surface area contributed by atoms with E-state index in [9.17, 15) is 0 Å². The minimum Gasteiger partial charge on any atom is -0.461 e. The standard InChI is InChI=1S/C19H20ClN3O2/c20-16-5-3-15(4-6-16)13-22-7-9-23(10-8-22)14-17-12-19(25-21-17)18-2-1-11-24-18/h1-6,11-12H,7-10,13-14H2. The third-order valence-electron chi connectivity index (χ3n) is 4.49. The Morgan fingerprint density at radius 2 is 1.64 bits per heavy atom. The first kappa shape index (κ1) is 16.4. The molecule has 25 heavy (non-hydrogen) atoms. The van der Waals surface area contributed by atoms with Crippen molar-refractivity contribution < 1.29 is 8.94 Å². The highest BCUT2D eigenvalue weighted by Gasteiger charge is 2.19. The topological polar surface area (TPSA) is 45.7 Å². The van der Waals surface area contributed by atoms with Crippen molar-refractivity contribution in [3.63, 3.8) is 0 Å². The highest BCUT2D eigenvalue weighted by Crippen LogP contribution is 2.21. The van der Waals surface area contributed by atoms with Crippen molar-refractivity contribution in [3.8, 4) is 11.5 Å². The normalized spacial score (nSPS) is 16.4. The zero-order valence-corrected chi connectivity index (χ0v) is 14.7. The zero-order valence-electron chi connectivity index (χ0n) is 13.9. The Hall–Kier alpha value is -2.08. The predicted octanol–water partition coefficient (Wildman–Crippen LogP) is 3.91. The Balaban J connectivity index is 1.28. The molecule has 0 atom stereocenters. The quantitative estimate of drug-likeness (QED) is 0.692. The van der Waals surface area contributed by atoms with E-state index >= 15 is 0 Å². The lowest BCUT2D eigenvalue weighted by molar-refractivity contribution is 0.120. The van der Waals surface area contributed by atoms with Gasteiger partial charge < -0.3 is 8.94 Å². The number of hydrogen-bond acceptors (Lipinski definition) is 5. The number of nitrogens with zero attached hydrogens (tertiary/aromatic N) is 3. The molecule has 4 rings (SSSR count). The maximum absolute atomic E-state index is 5.95. The Labute approximate surface area is 151 Å². The first-order chi connectivity index (χ1) is 12.3. The fourth-order valence-electron chi connectivity index (χ4n) is 3.10. The molecule has 5 nitrogen and oxygen atoms in total. The molecule has 0 amide bonds. The van der Waals surface area contributed by atoms with Gasteiger partial charge in [0.15, 0.2) is 5.76 Å². The predicted molar refractivity (Wildman–Crippen MR) is 96.2 cm³/mol. The van der Waals surface area contributed by atoms with Gasteiger partial charge in [-0.3, -0.25) is 9.80 Å². The maximum Gasteiger partial charge on any atom is 0.202 e. The molecule has 1 aliphatic rings. The van der Waals surface area contributed by atoms with Gasteiger partial charge in [0.25, 0.3) is 0 Å². The van der Waals surface area contributed by atoms with E-state index in [1.165, 1.54) is 5.56 Å². The lowest BCUT2D eigenvalue weighted by Gasteiger charge is -2.34. The summed E-state index contributed by atoms with van der Waals surface area (Å²) in [4.78, 5) is 4.87. The van der Waals surface area contributed by atoms with E-state index in [1.54, 1.807) is 6.26 Å². The van der Waals surface area contributed by atoms with Crippen molar-refractivity contribution in [2.75, 3.05) is 26.2 Å². The smallest absolute Gasteiger partial charge is 0.202 e. The molecular formula is C19H20ClN3O2. The van der Waals surface area contributed by atoms with E-state index in [0.717, 1.165) is 50.0 Å². The van der Waals surface area contributed by atoms with Gasteiger partial charge in [-0.15, -0.1) is 0 Å². The van der Waals surface area contributed by atoms with E-state index < -0.39 is 0 Å². The van der Waals surface area contributed by atoms with Gasteiger partial charge in [-0.1, -0.05) is 28.9 Å². The molecule has 1 aliphatic heterocycles. The monoisotopic (exact) mass is 357 g/mol. The van der Waals surface area contributed by atoms with Crippen molar-refractivity contribution in [1.82, 2.24) is 15.0 Å². The Bertz CT molecular complexity index is 790. The van der Waals surface area contributed by atoms with Crippen LogP contribution in [0.2, 0.25) is 5.02 Å². The summed E-state index contributed by atoms with van der Waals surface area (Å²) in [5.74, 6) is 1.40. The number of rotatable bonds is 5. The summed E-state index contributed by atoms with van der Waals surface area (Å²) in [7, 11) is 0. The summed E-state index contributed by atoms with van der Waals surface area (Å²) < 4.78 is 10.7. The molecule has 3 aromatic rings. The molecule has 1 aromatic carbocycles. The zero-order chi connectivity index (χ0) is 17.1. The van der Waals surface area contributed by atoms with Crippen molar-refractivity contribution in [1.29, 1.82) is 0 Å². The molecule has 1 saturated heterocycles. The second-order valence-corrected chi connectivity index (χ2v) is 6.77. The highest BCUT2D eigenvalue weighted by atomic mass is 35.5. The van der Waals surface area contributed by atoms with Crippen LogP contribution >= 0.6 is 11.6 Å². The van der Waals surface area contributed by atoms with Gasteiger partial charge in [0.05, 0.1) is 12.0 Å². The molecule has 0 N–H and O–H groups in total. The van der Waals surface area contributed by atoms with Crippen LogP contribution in [-0.2, 0) is 13.1 Å². The summed E-state index contributed by atoms with van der Waals surface area (Å²) in [6.45, 7) is 5.92. The number of benzene rings is 1. The highest BCUT2D eigenvalue weighted by molar-refractivity contribution is 6.30. The van der Waals surface area contributed by atoms with Gasteiger partial charge in [-0.05, 0) is 29.8 Å². The molecule has 6 heteroatoms. The van der Waals surface area contributed by atoms with E-state index in [1.807, 2.05) is 30.3 Å². The number of furan rings is 1. The van der Waals surface area contributed by atoms with Crippen LogP contribution in [0.4, 0.5) is 0 Å². The molecule has 3 heterocycles. The summed E-state index contributed by atoms with van der Waals surface area (Å²) >= 11 is 5.95. The molecule has 1 fully saturated rings. The minimum atomic E-state index is 0.682. The van der Waals surface area contributed by atoms with Crippen LogP contribution in [0.1, 0.15) is 11.3 Å². The second kappa shape index (κ2) is 7.44. The van der Waals surface area contributed by atoms with Crippen molar-refractivity contribution >= 4 is 11.6 Å². The van der Waals surface area contributed by atoms with Crippen LogP contribution in [-0.4, -0.2) is 41.1 Å². The Morgan fingerprint density at radius 1 is 0.920 bits per heavy atom. The van der Waals surface area contributed by atoms with Gasteiger partial charge in [-0.2, -0.15) is 0 Å². The number of hydrogen-bond donors (Lipinski definition) is 0. The largest absolute Gasteiger partial charge is 0.461 e. The summed E-state index contributed by atoms with van der Waals surface area (Å²) in [5.41, 5.74) is 2.25. The van der Waals surface area contributed by atoms with Gasteiger partial charge in [0, 0.05) is 50.4 Å². The van der Waals surface area contributed by atoms with Gasteiger partial charge in [0.1, 0.15) is 0 Å². The van der Waals surface area contributed by atoms with Crippen molar-refractivity contribution in [3.05, 3.63) is 65.0 Å². The third kappa shape index (κ3) is 4.12. The molecule has 0 saturated carbocycles. The average molecular weight is 358 g/mol. The van der Waals surface area contributed by atoms with E-state index in [2.05, 4.69) is 27.1 Å². The van der Waals surface area contributed by atoms with Crippen molar-refractivity contribution in [2.45, 2.75) is 13.1 Å². The van der Waals surface area contributed by atoms with Crippen molar-refractivity contribution in [2.24, 2.45) is 0 Å². The van der Waals surface area contributed by atoms with Crippen LogP contribution in [0.25, 0.3) is 11.5 Å². The minimum absolute atomic E-state index is 0.682. The molecule has 0 radical (unpaired) electrons. The molecule has 0 aliphatic carbocycles. The van der Waals surface area contributed by atoms with Gasteiger partial charge >= 0.3 is 0 Å². The molecular weight excluding hydrogens is 338 g/mol. The lowest BCUT2D eigenvalue weighted by Crippen LogP contribution is -2.45. The van der Waals surface area contributed by atoms with Crippen LogP contribution < -0.4 is 0 Å². The average Bonchev–Trinajstić information content (AvgIpc) is 3.30. The first-order valence-electron chi connectivity index (χ1n) is 8.45. The second-order valence-electron chi connectivity index (χ2n) is 6.34. The van der Waals surface area contributed by atoms with E-state index in [4.69, 9.17) is 20.5 Å². The fourth-order valence-corrected chi connectivity index (χ4v) is 3.23. The van der Waals surface area contributed by atoms with Crippen LogP contribution in [0, 0.1) is 0 Å². The van der Waals surface area contributed by atoms with Crippen LogP contribution in [0.15, 0.2) is 57.7 Å².